The lowest BCUT2D eigenvalue weighted by Gasteiger charge is -2.35. The van der Waals surface area contributed by atoms with Gasteiger partial charge in [0.2, 0.25) is 12.0 Å². The maximum absolute atomic E-state index is 15.0. The summed E-state index contributed by atoms with van der Waals surface area (Å²) in [5.74, 6) is -5.98. The number of hydrogen-bond acceptors (Lipinski definition) is 8. The van der Waals surface area contributed by atoms with Crippen molar-refractivity contribution in [2.75, 3.05) is 13.2 Å². The molecule has 0 heterocycles. The molecule has 0 aromatic heterocycles. The number of carbonyl (C=O) groups is 3. The van der Waals surface area contributed by atoms with Gasteiger partial charge in [-0.3, -0.25) is 0 Å². The maximum Gasteiger partial charge on any atom is 0.366 e. The minimum Gasteiger partial charge on any atom is -0.464 e. The number of esters is 2. The van der Waals surface area contributed by atoms with Crippen molar-refractivity contribution in [3.8, 4) is 0 Å². The highest BCUT2D eigenvalue weighted by Gasteiger charge is 2.47. The van der Waals surface area contributed by atoms with Crippen molar-refractivity contribution < 1.29 is 67.2 Å². The Bertz CT molecular complexity index is 2310. The summed E-state index contributed by atoms with van der Waals surface area (Å²) in [5, 5.41) is 0. The fourth-order valence-electron chi connectivity index (χ4n) is 5.60. The molecule has 0 spiro atoms. The van der Waals surface area contributed by atoms with Gasteiger partial charge in [-0.25, -0.2) is 62.7 Å². The second-order valence-corrected chi connectivity index (χ2v) is 24.7. The molecule has 3 rings (SSSR count). The first-order chi connectivity index (χ1) is 31.6. The molecular formula is C48H66F7N3O8S3. The van der Waals surface area contributed by atoms with Crippen molar-refractivity contribution in [3.05, 3.63) is 119 Å². The van der Waals surface area contributed by atoms with Crippen LogP contribution in [0.5, 0.6) is 0 Å². The molecule has 21 heteroatoms. The van der Waals surface area contributed by atoms with Crippen molar-refractivity contribution in [2.24, 2.45) is 0 Å². The van der Waals surface area contributed by atoms with E-state index in [1.807, 2.05) is 0 Å². The Balaban J connectivity index is 0.000000522. The molecule has 3 aromatic rings. The summed E-state index contributed by atoms with van der Waals surface area (Å²) in [6.07, 6.45) is -5.96. The molecule has 0 bridgehead atoms. The van der Waals surface area contributed by atoms with Crippen LogP contribution >= 0.6 is 0 Å². The standard InChI is InChI=1S/C18H24F3NO3S.C16H23F2NO3S.C14H19F2NO2S/c1-6-25-16(23)14(20)11-15(21)18(5,22-26(24)17(2,3)4)12-9-7-8-10-13(12)19;1-6-22-14(20)13(18)16(5,19-23(21)15(2,3)4)11-9-7-8-10-12(11)17;1-13(2,3)20(19)17-14(4,12(16)9-18)10-7-5-6-8-11(10)15/h7-11,15,22H,6H2,1-5H3;7-10,13,19H,6H2,1-5H3;5-9,12,17H,1-4H3/b14-11-;;/t15-,18+,26+;13-,16+,23+;12-,14+,20+/m000/s1. The molecule has 3 aromatic carbocycles. The first-order valence-electron chi connectivity index (χ1n) is 21.5. The van der Waals surface area contributed by atoms with Crippen LogP contribution in [0.4, 0.5) is 30.7 Å². The minimum absolute atomic E-state index is 0.00499. The largest absolute Gasteiger partial charge is 0.464 e. The second kappa shape index (κ2) is 26.3. The average Bonchev–Trinajstić information content (AvgIpc) is 3.25. The van der Waals surface area contributed by atoms with Gasteiger partial charge in [-0.2, -0.15) is 4.39 Å². The third kappa shape index (κ3) is 17.6. The number of benzene rings is 3. The van der Waals surface area contributed by atoms with Crippen LogP contribution in [-0.2, 0) is 73.4 Å². The number of halogens is 7. The number of aldehydes is 1. The highest BCUT2D eigenvalue weighted by Crippen LogP contribution is 2.35. The first-order valence-corrected chi connectivity index (χ1v) is 25.0. The van der Waals surface area contributed by atoms with E-state index in [2.05, 4.69) is 18.9 Å². The third-order valence-electron chi connectivity index (χ3n) is 9.87. The number of rotatable bonds is 18. The molecule has 0 aliphatic rings. The van der Waals surface area contributed by atoms with Gasteiger partial charge in [-0.05, 0) is 121 Å². The minimum atomic E-state index is -2.22. The van der Waals surface area contributed by atoms with E-state index in [0.717, 1.165) is 12.1 Å². The van der Waals surface area contributed by atoms with Crippen LogP contribution in [0, 0.1) is 17.5 Å². The highest BCUT2D eigenvalue weighted by atomic mass is 32.2. The summed E-state index contributed by atoms with van der Waals surface area (Å²) in [7, 11) is -5.16. The molecule has 0 radical (unpaired) electrons. The molecule has 3 N–H and O–H groups in total. The van der Waals surface area contributed by atoms with E-state index >= 15 is 4.39 Å². The van der Waals surface area contributed by atoms with E-state index in [1.54, 1.807) is 69.2 Å². The molecule has 0 aliphatic heterocycles. The van der Waals surface area contributed by atoms with Gasteiger partial charge in [0.25, 0.3) is 0 Å². The fraction of sp³-hybridized carbons (Fsp3) is 0.521. The van der Waals surface area contributed by atoms with Crippen LogP contribution in [0.3, 0.4) is 0 Å². The zero-order valence-electron chi connectivity index (χ0n) is 41.4. The molecule has 0 saturated heterocycles. The normalized spacial score (nSPS) is 17.5. The lowest BCUT2D eigenvalue weighted by molar-refractivity contribution is -0.152. The van der Waals surface area contributed by atoms with E-state index in [4.69, 9.17) is 4.74 Å². The number of ether oxygens (including phenoxy) is 2. The molecule has 69 heavy (non-hydrogen) atoms. The van der Waals surface area contributed by atoms with E-state index in [9.17, 15) is 53.4 Å². The molecule has 0 aliphatic carbocycles. The number of alkyl halides is 3. The van der Waals surface area contributed by atoms with E-state index in [0.29, 0.717) is 6.08 Å². The van der Waals surface area contributed by atoms with E-state index in [1.165, 1.54) is 88.4 Å². The Kier molecular flexibility index (Phi) is 24.0. The molecule has 0 unspecified atom stereocenters. The maximum atomic E-state index is 15.0. The monoisotopic (exact) mass is 1040 g/mol. The molecule has 0 saturated carbocycles. The Morgan fingerprint density at radius 2 is 0.855 bits per heavy atom. The molecule has 0 fully saturated rings. The SMILES string of the molecule is CC(C)(C)[S@@](=O)N[C@](C)(c1ccccc1F)[C@@H](F)C=O.CCOC(=O)/C(F)=C/[C@H](F)[C@](C)(N[S@](=O)C(C)(C)C)c1ccccc1F.CCOC(=O)[C@H](F)[C@](C)(N[S@](=O)C(C)(C)C)c1ccccc1F. The Hall–Kier alpha value is -4.15. The zero-order valence-corrected chi connectivity index (χ0v) is 43.8. The fourth-order valence-corrected chi connectivity index (χ4v) is 8.33. The van der Waals surface area contributed by atoms with Gasteiger partial charge in [0, 0.05) is 16.7 Å². The third-order valence-corrected chi connectivity index (χ3v) is 15.0. The van der Waals surface area contributed by atoms with E-state index in [-0.39, 0.29) is 36.2 Å². The Morgan fingerprint density at radius 1 is 0.551 bits per heavy atom. The summed E-state index contributed by atoms with van der Waals surface area (Å²) in [4.78, 5) is 34.1. The van der Waals surface area contributed by atoms with Gasteiger partial charge in [-0.15, -0.1) is 0 Å². The van der Waals surface area contributed by atoms with Crippen molar-refractivity contribution >= 4 is 51.2 Å². The Morgan fingerprint density at radius 3 is 1.16 bits per heavy atom. The summed E-state index contributed by atoms with van der Waals surface area (Å²) < 4.78 is 152. The average molecular weight is 1040 g/mol. The summed E-state index contributed by atoms with van der Waals surface area (Å²) >= 11 is 0. The van der Waals surface area contributed by atoms with Crippen LogP contribution in [0.2, 0.25) is 0 Å². The van der Waals surface area contributed by atoms with Crippen molar-refractivity contribution in [1.29, 1.82) is 0 Å². The predicted molar refractivity (Wildman–Crippen MR) is 258 cm³/mol. The molecular weight excluding hydrogens is 976 g/mol. The zero-order chi connectivity index (χ0) is 53.5. The second-order valence-electron chi connectivity index (χ2n) is 18.8. The summed E-state index contributed by atoms with van der Waals surface area (Å²) in [6, 6.07) is 16.4. The first kappa shape index (κ1) is 62.9. The number of nitrogens with one attached hydrogen (secondary N) is 3. The van der Waals surface area contributed by atoms with Crippen LogP contribution in [0.1, 0.15) is 114 Å². The van der Waals surface area contributed by atoms with Crippen LogP contribution < -0.4 is 14.2 Å². The number of hydrogen-bond donors (Lipinski definition) is 3. The van der Waals surface area contributed by atoms with Gasteiger partial charge < -0.3 is 14.3 Å². The topological polar surface area (TPSA) is 157 Å². The van der Waals surface area contributed by atoms with Crippen molar-refractivity contribution in [1.82, 2.24) is 14.2 Å². The van der Waals surface area contributed by atoms with Crippen molar-refractivity contribution in [3.63, 3.8) is 0 Å². The highest BCUT2D eigenvalue weighted by molar-refractivity contribution is 7.85. The van der Waals surface area contributed by atoms with Gasteiger partial charge in [0.1, 0.15) is 23.6 Å². The molecule has 9 atom stereocenters. The predicted octanol–water partition coefficient (Wildman–Crippen LogP) is 9.47. The van der Waals surface area contributed by atoms with Crippen LogP contribution in [-0.4, -0.2) is 76.8 Å². The van der Waals surface area contributed by atoms with Gasteiger partial charge in [0.05, 0.1) is 77.0 Å². The van der Waals surface area contributed by atoms with E-state index < -0.39 is 118 Å². The summed E-state index contributed by atoms with van der Waals surface area (Å²) in [6.45, 7) is 22.0. The van der Waals surface area contributed by atoms with Crippen LogP contribution in [0.25, 0.3) is 0 Å². The lowest BCUT2D eigenvalue weighted by Crippen LogP contribution is -2.54. The summed E-state index contributed by atoms with van der Waals surface area (Å²) in [5.41, 5.74) is -5.65. The Labute approximate surface area is 409 Å². The molecule has 0 amide bonds. The smallest absolute Gasteiger partial charge is 0.366 e. The number of carbonyl (C=O) groups excluding carboxylic acids is 3. The van der Waals surface area contributed by atoms with Crippen molar-refractivity contribution in [2.45, 2.75) is 146 Å². The molecule has 388 valence electrons. The lowest BCUT2D eigenvalue weighted by atomic mass is 9.87. The molecule has 11 nitrogen and oxygen atoms in total. The van der Waals surface area contributed by atoms with Gasteiger partial charge >= 0.3 is 11.9 Å². The van der Waals surface area contributed by atoms with Gasteiger partial charge in [0.15, 0.2) is 12.5 Å². The van der Waals surface area contributed by atoms with Gasteiger partial charge in [-0.1, -0.05) is 54.6 Å². The quantitative estimate of drug-likeness (QED) is 0.0493. The van der Waals surface area contributed by atoms with Crippen LogP contribution in [0.15, 0.2) is 84.7 Å².